The Morgan fingerprint density at radius 3 is 2.77 bits per heavy atom. The molecule has 0 unspecified atom stereocenters. The lowest BCUT2D eigenvalue weighted by Gasteiger charge is -2.12. The first kappa shape index (κ1) is 17.7. The number of carbonyl (C=O) groups excluding carboxylic acids is 2. The Kier molecular flexibility index (Phi) is 5.34. The Morgan fingerprint density at radius 1 is 1.15 bits per heavy atom. The summed E-state index contributed by atoms with van der Waals surface area (Å²) in [6.07, 6.45) is 1.61. The van der Waals surface area contributed by atoms with E-state index >= 15 is 0 Å². The Hall–Kier alpha value is -3.12. The molecule has 0 saturated heterocycles. The summed E-state index contributed by atoms with van der Waals surface area (Å²) in [5.74, 6) is -0.457. The van der Waals surface area contributed by atoms with Gasteiger partial charge in [0, 0.05) is 16.6 Å². The van der Waals surface area contributed by atoms with Gasteiger partial charge in [0.15, 0.2) is 6.61 Å². The summed E-state index contributed by atoms with van der Waals surface area (Å²) in [6.45, 7) is -0.235. The molecule has 0 aliphatic carbocycles. The van der Waals surface area contributed by atoms with Crippen LogP contribution in [0.2, 0.25) is 5.02 Å². The molecule has 0 spiro atoms. The van der Waals surface area contributed by atoms with Crippen molar-refractivity contribution in [2.45, 2.75) is 0 Å². The number of para-hydroxylation sites is 1. The first-order chi connectivity index (χ1) is 12.6. The molecule has 0 atom stereocenters. The highest BCUT2D eigenvalue weighted by molar-refractivity contribution is 6.31. The van der Waals surface area contributed by atoms with Gasteiger partial charge in [-0.05, 0) is 36.4 Å². The molecule has 1 aromatic heterocycles. The molecule has 0 fully saturated rings. The number of esters is 1. The van der Waals surface area contributed by atoms with Crippen LogP contribution in [0.15, 0.2) is 54.7 Å². The van der Waals surface area contributed by atoms with Crippen LogP contribution in [0.25, 0.3) is 10.9 Å². The van der Waals surface area contributed by atoms with Crippen LogP contribution in [0, 0.1) is 0 Å². The van der Waals surface area contributed by atoms with E-state index in [1.165, 1.54) is 19.2 Å². The maximum atomic E-state index is 12.2. The lowest BCUT2D eigenvalue weighted by molar-refractivity contribution is -0.118. The van der Waals surface area contributed by atoms with Crippen LogP contribution >= 0.6 is 11.6 Å². The van der Waals surface area contributed by atoms with Crippen molar-refractivity contribution in [1.82, 2.24) is 4.98 Å². The van der Waals surface area contributed by atoms with Crippen molar-refractivity contribution in [3.05, 3.63) is 65.3 Å². The molecule has 0 saturated carbocycles. The molecule has 132 valence electrons. The summed E-state index contributed by atoms with van der Waals surface area (Å²) in [5.41, 5.74) is 1.24. The first-order valence-corrected chi connectivity index (χ1v) is 8.10. The van der Waals surface area contributed by atoms with Gasteiger partial charge in [-0.15, -0.1) is 0 Å². The Morgan fingerprint density at radius 2 is 1.96 bits per heavy atom. The van der Waals surface area contributed by atoms with Gasteiger partial charge in [0.05, 0.1) is 23.9 Å². The number of aromatic nitrogens is 1. The molecule has 1 heterocycles. The molecule has 7 heteroatoms. The molecule has 26 heavy (non-hydrogen) atoms. The SMILES string of the molecule is COC(=O)c1ccc(Cl)cc1NC(=O)COc1ccnc2ccccc12. The summed E-state index contributed by atoms with van der Waals surface area (Å²) >= 11 is 5.94. The number of hydrogen-bond acceptors (Lipinski definition) is 5. The highest BCUT2D eigenvalue weighted by atomic mass is 35.5. The van der Waals surface area contributed by atoms with Crippen molar-refractivity contribution in [3.8, 4) is 5.75 Å². The van der Waals surface area contributed by atoms with Crippen molar-refractivity contribution in [3.63, 3.8) is 0 Å². The van der Waals surface area contributed by atoms with Crippen molar-refractivity contribution >= 4 is 40.1 Å². The summed E-state index contributed by atoms with van der Waals surface area (Å²) in [4.78, 5) is 28.3. The number of methoxy groups -OCH3 is 1. The second kappa shape index (κ2) is 7.84. The van der Waals surface area contributed by atoms with Crippen LogP contribution in [0.3, 0.4) is 0 Å². The largest absolute Gasteiger partial charge is 0.483 e. The lowest BCUT2D eigenvalue weighted by Crippen LogP contribution is -2.22. The van der Waals surface area contributed by atoms with Gasteiger partial charge in [-0.2, -0.15) is 0 Å². The van der Waals surface area contributed by atoms with E-state index in [0.717, 1.165) is 10.9 Å². The van der Waals surface area contributed by atoms with Crippen LogP contribution in [0.1, 0.15) is 10.4 Å². The van der Waals surface area contributed by atoms with E-state index in [4.69, 9.17) is 21.1 Å². The molecule has 2 aromatic carbocycles. The van der Waals surface area contributed by atoms with Crippen LogP contribution in [-0.2, 0) is 9.53 Å². The second-order valence-corrected chi connectivity index (χ2v) is 5.78. The van der Waals surface area contributed by atoms with E-state index < -0.39 is 11.9 Å². The minimum atomic E-state index is -0.571. The lowest BCUT2D eigenvalue weighted by atomic mass is 10.2. The van der Waals surface area contributed by atoms with Crippen LogP contribution < -0.4 is 10.1 Å². The Labute approximate surface area is 154 Å². The van der Waals surface area contributed by atoms with Crippen molar-refractivity contribution in [2.24, 2.45) is 0 Å². The first-order valence-electron chi connectivity index (χ1n) is 7.73. The second-order valence-electron chi connectivity index (χ2n) is 5.34. The molecule has 1 amide bonds. The normalized spacial score (nSPS) is 10.4. The molecular formula is C19H15ClN2O4. The number of amides is 1. The molecule has 0 radical (unpaired) electrons. The van der Waals surface area contributed by atoms with E-state index in [2.05, 4.69) is 10.3 Å². The number of carbonyl (C=O) groups is 2. The molecule has 0 bridgehead atoms. The zero-order valence-corrected chi connectivity index (χ0v) is 14.6. The molecule has 3 rings (SSSR count). The molecule has 0 aliphatic heterocycles. The number of nitrogens with zero attached hydrogens (tertiary/aromatic N) is 1. The van der Waals surface area contributed by atoms with Crippen LogP contribution in [0.5, 0.6) is 5.75 Å². The van der Waals surface area contributed by atoms with Gasteiger partial charge in [-0.25, -0.2) is 4.79 Å². The van der Waals surface area contributed by atoms with E-state index in [1.54, 1.807) is 18.3 Å². The number of nitrogens with one attached hydrogen (secondary N) is 1. The number of pyridine rings is 1. The number of ether oxygens (including phenoxy) is 2. The number of benzene rings is 2. The number of halogens is 1. The third-order valence-electron chi connectivity index (χ3n) is 3.63. The number of fused-ring (bicyclic) bond motifs is 1. The molecule has 6 nitrogen and oxygen atoms in total. The monoisotopic (exact) mass is 370 g/mol. The topological polar surface area (TPSA) is 77.5 Å². The third-order valence-corrected chi connectivity index (χ3v) is 3.86. The van der Waals surface area contributed by atoms with Gasteiger partial charge in [0.25, 0.3) is 5.91 Å². The quantitative estimate of drug-likeness (QED) is 0.693. The summed E-state index contributed by atoms with van der Waals surface area (Å²) in [5, 5.41) is 3.81. The summed E-state index contributed by atoms with van der Waals surface area (Å²) in [6, 6.07) is 13.7. The van der Waals surface area contributed by atoms with Gasteiger partial charge < -0.3 is 14.8 Å². The number of rotatable bonds is 5. The van der Waals surface area contributed by atoms with Crippen molar-refractivity contribution < 1.29 is 19.1 Å². The fourth-order valence-corrected chi connectivity index (χ4v) is 2.61. The van der Waals surface area contributed by atoms with E-state index in [0.29, 0.717) is 10.8 Å². The van der Waals surface area contributed by atoms with Crippen molar-refractivity contribution in [1.29, 1.82) is 0 Å². The van der Waals surface area contributed by atoms with Crippen LogP contribution in [-0.4, -0.2) is 30.6 Å². The highest BCUT2D eigenvalue weighted by Gasteiger charge is 2.15. The standard InChI is InChI=1S/C19H15ClN2O4/c1-25-19(24)14-7-6-12(20)10-16(14)22-18(23)11-26-17-8-9-21-15-5-3-2-4-13(15)17/h2-10H,11H2,1H3,(H,22,23). The van der Waals surface area contributed by atoms with Gasteiger partial charge in [-0.3, -0.25) is 9.78 Å². The predicted molar refractivity (Wildman–Crippen MR) is 98.7 cm³/mol. The average molecular weight is 371 g/mol. The average Bonchev–Trinajstić information content (AvgIpc) is 2.66. The Balaban J connectivity index is 1.73. The summed E-state index contributed by atoms with van der Waals surface area (Å²) < 4.78 is 10.3. The maximum absolute atomic E-state index is 12.2. The molecule has 3 aromatic rings. The summed E-state index contributed by atoms with van der Waals surface area (Å²) in [7, 11) is 1.26. The van der Waals surface area contributed by atoms with Gasteiger partial charge in [-0.1, -0.05) is 23.7 Å². The molecular weight excluding hydrogens is 356 g/mol. The molecule has 1 N–H and O–H groups in total. The minimum Gasteiger partial charge on any atom is -0.483 e. The number of anilines is 1. The molecule has 0 aliphatic rings. The van der Waals surface area contributed by atoms with E-state index in [1.807, 2.05) is 24.3 Å². The fraction of sp³-hybridized carbons (Fsp3) is 0.105. The van der Waals surface area contributed by atoms with Gasteiger partial charge in [0.2, 0.25) is 0 Å². The zero-order valence-electron chi connectivity index (χ0n) is 13.9. The minimum absolute atomic E-state index is 0.208. The van der Waals surface area contributed by atoms with E-state index in [-0.39, 0.29) is 17.9 Å². The van der Waals surface area contributed by atoms with Gasteiger partial charge >= 0.3 is 5.97 Å². The third kappa shape index (κ3) is 3.92. The number of hydrogen-bond donors (Lipinski definition) is 1. The van der Waals surface area contributed by atoms with Crippen molar-refractivity contribution in [2.75, 3.05) is 19.0 Å². The highest BCUT2D eigenvalue weighted by Crippen LogP contribution is 2.24. The van der Waals surface area contributed by atoms with Gasteiger partial charge in [0.1, 0.15) is 5.75 Å². The Bertz CT molecular complexity index is 969. The fourth-order valence-electron chi connectivity index (χ4n) is 2.43. The van der Waals surface area contributed by atoms with Crippen LogP contribution in [0.4, 0.5) is 5.69 Å². The van der Waals surface area contributed by atoms with E-state index in [9.17, 15) is 9.59 Å². The zero-order chi connectivity index (χ0) is 18.5. The smallest absolute Gasteiger partial charge is 0.339 e. The predicted octanol–water partition coefficient (Wildman–Crippen LogP) is 3.69. The maximum Gasteiger partial charge on any atom is 0.339 e.